The molecule has 0 radical (unpaired) electrons. The van der Waals surface area contributed by atoms with Crippen LogP contribution in [0.15, 0.2) is 55.4 Å². The molecule has 0 atom stereocenters. The van der Waals surface area contributed by atoms with Gasteiger partial charge in [0.2, 0.25) is 0 Å². The van der Waals surface area contributed by atoms with Gasteiger partial charge in [0.25, 0.3) is 0 Å². The Labute approximate surface area is 162 Å². The van der Waals surface area contributed by atoms with E-state index in [1.807, 2.05) is 36.9 Å². The van der Waals surface area contributed by atoms with Crippen molar-refractivity contribution in [3.05, 3.63) is 72.1 Å². The normalized spacial score (nSPS) is 9.74. The Hall–Kier alpha value is -1.68. The number of nitrogens with zero attached hydrogens (tertiary/aromatic N) is 4. The van der Waals surface area contributed by atoms with Crippen LogP contribution in [0.3, 0.4) is 0 Å². The first-order chi connectivity index (χ1) is 10.8. The van der Waals surface area contributed by atoms with E-state index in [2.05, 4.69) is 15.0 Å². The molecular formula is C16H12N4OSU. The number of ether oxygens (including phenoxy) is 1. The minimum atomic E-state index is -0.0915. The van der Waals surface area contributed by atoms with Crippen LogP contribution in [0.1, 0.15) is 11.3 Å². The molecule has 0 N–H and O–H groups in total. The smallest absolute Gasteiger partial charge is 0.776 e. The summed E-state index contributed by atoms with van der Waals surface area (Å²) in [5, 5.41) is 9.79. The molecule has 0 aliphatic heterocycles. The van der Waals surface area contributed by atoms with E-state index in [0.29, 0.717) is 12.2 Å². The van der Waals surface area contributed by atoms with Crippen molar-refractivity contribution in [1.82, 2.24) is 15.0 Å². The van der Waals surface area contributed by atoms with E-state index in [4.69, 9.17) is 4.74 Å². The fourth-order valence-corrected chi connectivity index (χ4v) is 2.76. The van der Waals surface area contributed by atoms with E-state index in [-0.39, 0.29) is 37.0 Å². The largest absolute Gasteiger partial charge is 2.00 e. The summed E-state index contributed by atoms with van der Waals surface area (Å²) in [5.41, 5.74) is 1.08. The molecule has 3 aromatic rings. The van der Waals surface area contributed by atoms with E-state index in [1.54, 1.807) is 17.5 Å². The second kappa shape index (κ2) is 8.82. The molecule has 0 unspecified atom stereocenters. The average molecular weight is 546 g/mol. The summed E-state index contributed by atoms with van der Waals surface area (Å²) in [6, 6.07) is 7.97. The third-order valence-electron chi connectivity index (χ3n) is 2.82. The molecule has 0 aliphatic rings. The summed E-state index contributed by atoms with van der Waals surface area (Å²) >= 11 is 1.63. The quantitative estimate of drug-likeness (QED) is 0.279. The molecule has 0 fully saturated rings. The van der Waals surface area contributed by atoms with Gasteiger partial charge in [-0.2, -0.15) is 17.4 Å². The van der Waals surface area contributed by atoms with Gasteiger partial charge in [0.15, 0.2) is 5.75 Å². The van der Waals surface area contributed by atoms with Crippen LogP contribution in [0.25, 0.3) is 15.8 Å². The Morgan fingerprint density at radius 2 is 1.96 bits per heavy atom. The van der Waals surface area contributed by atoms with Crippen molar-refractivity contribution in [3.63, 3.8) is 0 Å². The molecule has 23 heavy (non-hydrogen) atoms. The van der Waals surface area contributed by atoms with Crippen molar-refractivity contribution in [2.45, 2.75) is 6.42 Å². The molecule has 0 saturated heterocycles. The molecule has 7 heteroatoms. The second-order valence-corrected chi connectivity index (χ2v) is 5.54. The third kappa shape index (κ3) is 5.17. The molecule has 0 saturated carbocycles. The fraction of sp³-hybridized carbons (Fsp3) is 0.0625. The Morgan fingerprint density at radius 3 is 2.70 bits per heavy atom. The molecule has 5 nitrogen and oxygen atoms in total. The summed E-state index contributed by atoms with van der Waals surface area (Å²) in [4.78, 5) is 13.9. The zero-order chi connectivity index (χ0) is 15.2. The van der Waals surface area contributed by atoms with Gasteiger partial charge >= 0.3 is 31.1 Å². The molecule has 0 aliphatic carbocycles. The maximum atomic E-state index is 9.79. The van der Waals surface area contributed by atoms with Crippen LogP contribution in [0.4, 0.5) is 0 Å². The van der Waals surface area contributed by atoms with Gasteiger partial charge in [0.05, 0.1) is 12.4 Å². The first kappa shape index (κ1) is 17.7. The summed E-state index contributed by atoms with van der Waals surface area (Å²) in [6.07, 6.45) is 10.2. The number of hydrogen-bond acceptors (Lipinski definition) is 5. The maximum Gasteiger partial charge on any atom is 2.00 e. The van der Waals surface area contributed by atoms with Gasteiger partial charge in [-0.1, -0.05) is 12.5 Å². The third-order valence-corrected chi connectivity index (χ3v) is 3.95. The molecule has 112 valence electrons. The zero-order valence-electron chi connectivity index (χ0n) is 12.1. The Kier molecular flexibility index (Phi) is 6.78. The summed E-state index contributed by atoms with van der Waals surface area (Å²) in [7, 11) is 0. The van der Waals surface area contributed by atoms with Crippen LogP contribution in [-0.2, 0) is 0 Å². The molecule has 0 amide bonds. The molecule has 0 bridgehead atoms. The van der Waals surface area contributed by atoms with E-state index >= 15 is 0 Å². The number of pyridine rings is 1. The fourth-order valence-electron chi connectivity index (χ4n) is 1.83. The van der Waals surface area contributed by atoms with Crippen LogP contribution in [0, 0.1) is 37.5 Å². The SMILES string of the molecule is [N-]=C(C[CH-]c1ccc(-c2cccnc2)s1)Oc1cncnc1.[U+2]. The van der Waals surface area contributed by atoms with E-state index in [1.165, 1.54) is 18.7 Å². The minimum Gasteiger partial charge on any atom is -0.776 e. The first-order valence-corrected chi connectivity index (χ1v) is 7.44. The minimum absolute atomic E-state index is 0. The van der Waals surface area contributed by atoms with Crippen LogP contribution < -0.4 is 4.74 Å². The molecule has 3 aromatic heterocycles. The number of rotatable bonds is 5. The van der Waals surface area contributed by atoms with Gasteiger partial charge in [-0.3, -0.25) is 4.98 Å². The monoisotopic (exact) mass is 546 g/mol. The van der Waals surface area contributed by atoms with Crippen molar-refractivity contribution in [3.8, 4) is 16.2 Å². The number of thiophene rings is 1. The van der Waals surface area contributed by atoms with Gasteiger partial charge in [0.1, 0.15) is 6.33 Å². The molecular weight excluding hydrogens is 534 g/mol. The number of aromatic nitrogens is 3. The maximum absolute atomic E-state index is 9.79. The zero-order valence-corrected chi connectivity index (χ0v) is 17.1. The Morgan fingerprint density at radius 1 is 1.13 bits per heavy atom. The van der Waals surface area contributed by atoms with Crippen LogP contribution in [0.2, 0.25) is 0 Å². The van der Waals surface area contributed by atoms with E-state index < -0.39 is 0 Å². The Balaban J connectivity index is 0.00000192. The van der Waals surface area contributed by atoms with Gasteiger partial charge < -0.3 is 10.1 Å². The van der Waals surface area contributed by atoms with Gasteiger partial charge in [0, 0.05) is 22.8 Å². The predicted molar refractivity (Wildman–Crippen MR) is 86.6 cm³/mol. The van der Waals surface area contributed by atoms with Crippen LogP contribution in [0.5, 0.6) is 5.75 Å². The van der Waals surface area contributed by atoms with Crippen molar-refractivity contribution < 1.29 is 35.9 Å². The average Bonchev–Trinajstić information content (AvgIpc) is 3.04. The molecule has 3 rings (SSSR count). The molecule has 3 heterocycles. The van der Waals surface area contributed by atoms with Gasteiger partial charge in [-0.05, 0) is 12.0 Å². The summed E-state index contributed by atoms with van der Waals surface area (Å²) < 4.78 is 5.24. The van der Waals surface area contributed by atoms with Crippen molar-refractivity contribution in [2.75, 3.05) is 0 Å². The topological polar surface area (TPSA) is 70.2 Å². The van der Waals surface area contributed by atoms with Crippen LogP contribution in [-0.4, -0.2) is 20.8 Å². The van der Waals surface area contributed by atoms with Gasteiger partial charge in [-0.15, -0.1) is 10.9 Å². The van der Waals surface area contributed by atoms with Gasteiger partial charge in [-0.25, -0.2) is 16.4 Å². The number of hydrogen-bond donors (Lipinski definition) is 0. The predicted octanol–water partition coefficient (Wildman–Crippen LogP) is 3.59. The standard InChI is InChI=1S/C16H12N4OS.U/c17-16(21-13-9-19-11-20-10-13)6-4-14-3-5-15(22-14)12-2-1-7-18-8-12;/h1-5,7-11H,6H2;/q-2;+2. The second-order valence-electron chi connectivity index (χ2n) is 4.42. The van der Waals surface area contributed by atoms with E-state index in [0.717, 1.165) is 15.3 Å². The Bertz CT molecular complexity index is 749. The van der Waals surface area contributed by atoms with E-state index in [9.17, 15) is 5.41 Å². The van der Waals surface area contributed by atoms with Crippen molar-refractivity contribution in [2.24, 2.45) is 0 Å². The summed E-state index contributed by atoms with van der Waals surface area (Å²) in [5.74, 6) is 0.321. The summed E-state index contributed by atoms with van der Waals surface area (Å²) in [6.45, 7) is 0. The molecule has 0 aromatic carbocycles. The van der Waals surface area contributed by atoms with Crippen molar-refractivity contribution in [1.29, 1.82) is 0 Å². The molecule has 0 spiro atoms. The van der Waals surface area contributed by atoms with Crippen molar-refractivity contribution >= 4 is 17.2 Å². The first-order valence-electron chi connectivity index (χ1n) is 6.62. The van der Waals surface area contributed by atoms with Crippen LogP contribution >= 0.6 is 11.3 Å².